The number of halogens is 1. The van der Waals surface area contributed by atoms with E-state index in [1.807, 2.05) is 26.0 Å². The van der Waals surface area contributed by atoms with Crippen LogP contribution < -0.4 is 10.2 Å². The largest absolute Gasteiger partial charge is 0.321 e. The van der Waals surface area contributed by atoms with E-state index >= 15 is 0 Å². The van der Waals surface area contributed by atoms with Gasteiger partial charge in [0.05, 0.1) is 5.69 Å². The molecule has 1 fully saturated rings. The van der Waals surface area contributed by atoms with Gasteiger partial charge in [0.15, 0.2) is 0 Å². The van der Waals surface area contributed by atoms with Gasteiger partial charge in [0.1, 0.15) is 0 Å². The van der Waals surface area contributed by atoms with Gasteiger partial charge < -0.3 is 5.32 Å². The molecule has 0 unspecified atom stereocenters. The molecule has 3 amide bonds. The fraction of sp³-hybridized carbons (Fsp3) is 0.286. The molecule has 0 radical (unpaired) electrons. The van der Waals surface area contributed by atoms with Crippen LogP contribution in [0.2, 0.25) is 5.02 Å². The third-order valence-electron chi connectivity index (χ3n) is 4.73. The van der Waals surface area contributed by atoms with Gasteiger partial charge >= 0.3 is 0 Å². The summed E-state index contributed by atoms with van der Waals surface area (Å²) in [5.41, 5.74) is 3.43. The number of hydrogen-bond donors (Lipinski definition) is 1. The third kappa shape index (κ3) is 3.74. The van der Waals surface area contributed by atoms with Crippen molar-refractivity contribution in [2.24, 2.45) is 0 Å². The van der Waals surface area contributed by atoms with E-state index < -0.39 is 0 Å². The smallest absolute Gasteiger partial charge is 0.255 e. The lowest BCUT2D eigenvalue weighted by Crippen LogP contribution is -2.28. The Kier molecular flexibility index (Phi) is 5.61. The molecule has 6 heteroatoms. The summed E-state index contributed by atoms with van der Waals surface area (Å²) in [6, 6.07) is 10.3. The topological polar surface area (TPSA) is 66.5 Å². The molecule has 0 bridgehead atoms. The molecule has 0 aliphatic carbocycles. The second-order valence-electron chi connectivity index (χ2n) is 6.39. The summed E-state index contributed by atoms with van der Waals surface area (Å²) in [5, 5.41) is 3.58. The standard InChI is InChI=1S/C21H21ClN2O3/c1-3-13-8-9-17(22)16(4-2)20(13)23-21(27)14-6-5-7-15(12-14)24-18(25)10-11-19(24)26/h5-9,12H,3-4,10-11H2,1-2H3,(H,23,27). The fourth-order valence-electron chi connectivity index (χ4n) is 3.30. The van der Waals surface area contributed by atoms with Crippen molar-refractivity contribution < 1.29 is 14.4 Å². The number of imide groups is 1. The molecule has 27 heavy (non-hydrogen) atoms. The van der Waals surface area contributed by atoms with E-state index in [0.29, 0.717) is 22.7 Å². The Hall–Kier alpha value is -2.66. The molecule has 1 saturated heterocycles. The van der Waals surface area contributed by atoms with Crippen molar-refractivity contribution >= 4 is 40.7 Å². The first-order chi connectivity index (χ1) is 13.0. The average Bonchev–Trinajstić information content (AvgIpc) is 3.00. The van der Waals surface area contributed by atoms with E-state index in [-0.39, 0.29) is 30.6 Å². The van der Waals surface area contributed by atoms with E-state index in [9.17, 15) is 14.4 Å². The summed E-state index contributed by atoms with van der Waals surface area (Å²) in [6.07, 6.45) is 1.87. The minimum Gasteiger partial charge on any atom is -0.321 e. The zero-order valence-corrected chi connectivity index (χ0v) is 16.1. The Bertz CT molecular complexity index is 908. The van der Waals surface area contributed by atoms with E-state index in [0.717, 1.165) is 28.1 Å². The lowest BCUT2D eigenvalue weighted by Gasteiger charge is -2.17. The predicted octanol–water partition coefficient (Wildman–Crippen LogP) is 4.37. The lowest BCUT2D eigenvalue weighted by molar-refractivity contribution is -0.121. The monoisotopic (exact) mass is 384 g/mol. The summed E-state index contributed by atoms with van der Waals surface area (Å²) in [7, 11) is 0. The van der Waals surface area contributed by atoms with Crippen LogP contribution in [0.1, 0.15) is 48.2 Å². The summed E-state index contributed by atoms with van der Waals surface area (Å²) < 4.78 is 0. The maximum Gasteiger partial charge on any atom is 0.255 e. The highest BCUT2D eigenvalue weighted by Crippen LogP contribution is 2.30. The molecule has 1 heterocycles. The Morgan fingerprint density at radius 1 is 1.07 bits per heavy atom. The number of nitrogens with zero attached hydrogens (tertiary/aromatic N) is 1. The van der Waals surface area contributed by atoms with Crippen molar-refractivity contribution in [2.45, 2.75) is 39.5 Å². The molecule has 140 valence electrons. The Morgan fingerprint density at radius 3 is 2.41 bits per heavy atom. The van der Waals surface area contributed by atoms with Crippen molar-refractivity contribution in [3.05, 3.63) is 58.1 Å². The van der Waals surface area contributed by atoms with Crippen LogP contribution in [-0.4, -0.2) is 17.7 Å². The van der Waals surface area contributed by atoms with Gasteiger partial charge in [-0.3, -0.25) is 19.3 Å². The lowest BCUT2D eigenvalue weighted by atomic mass is 10.0. The zero-order chi connectivity index (χ0) is 19.6. The minimum atomic E-state index is -0.303. The number of nitrogens with one attached hydrogen (secondary N) is 1. The van der Waals surface area contributed by atoms with E-state index in [2.05, 4.69) is 5.32 Å². The van der Waals surface area contributed by atoms with Gasteiger partial charge in [0, 0.05) is 29.1 Å². The van der Waals surface area contributed by atoms with Crippen LogP contribution in [0.15, 0.2) is 36.4 Å². The first-order valence-corrected chi connectivity index (χ1v) is 9.41. The Labute approximate surface area is 163 Å². The van der Waals surface area contributed by atoms with Crippen molar-refractivity contribution in [2.75, 3.05) is 10.2 Å². The molecular weight excluding hydrogens is 364 g/mol. The number of aryl methyl sites for hydroxylation is 1. The van der Waals surface area contributed by atoms with Crippen molar-refractivity contribution in [1.29, 1.82) is 0 Å². The van der Waals surface area contributed by atoms with Crippen LogP contribution in [0, 0.1) is 0 Å². The SMILES string of the molecule is CCc1ccc(Cl)c(CC)c1NC(=O)c1cccc(N2C(=O)CCC2=O)c1. The maximum absolute atomic E-state index is 12.8. The highest BCUT2D eigenvalue weighted by atomic mass is 35.5. The highest BCUT2D eigenvalue weighted by molar-refractivity contribution is 6.32. The first kappa shape index (κ1) is 19.1. The molecule has 0 saturated carbocycles. The van der Waals surface area contributed by atoms with Crippen LogP contribution >= 0.6 is 11.6 Å². The number of benzene rings is 2. The van der Waals surface area contributed by atoms with Gasteiger partial charge in [0.2, 0.25) is 11.8 Å². The van der Waals surface area contributed by atoms with Crippen molar-refractivity contribution in [3.8, 4) is 0 Å². The Balaban J connectivity index is 1.92. The van der Waals surface area contributed by atoms with E-state index in [1.165, 1.54) is 0 Å². The fourth-order valence-corrected chi connectivity index (χ4v) is 3.59. The number of carbonyl (C=O) groups is 3. The van der Waals surface area contributed by atoms with Gasteiger partial charge in [0.25, 0.3) is 5.91 Å². The van der Waals surface area contributed by atoms with Crippen LogP contribution in [0.4, 0.5) is 11.4 Å². The summed E-state index contributed by atoms with van der Waals surface area (Å²) in [4.78, 5) is 37.9. The summed E-state index contributed by atoms with van der Waals surface area (Å²) in [6.45, 7) is 4.01. The Morgan fingerprint density at radius 2 is 1.78 bits per heavy atom. The van der Waals surface area contributed by atoms with Crippen LogP contribution in [0.3, 0.4) is 0 Å². The molecule has 1 aliphatic heterocycles. The van der Waals surface area contributed by atoms with E-state index in [1.54, 1.807) is 24.3 Å². The quantitative estimate of drug-likeness (QED) is 0.778. The molecule has 0 atom stereocenters. The van der Waals surface area contributed by atoms with Crippen LogP contribution in [-0.2, 0) is 22.4 Å². The number of anilines is 2. The molecule has 1 aliphatic rings. The maximum atomic E-state index is 12.8. The molecule has 0 aromatic heterocycles. The van der Waals surface area contributed by atoms with Crippen molar-refractivity contribution in [1.82, 2.24) is 0 Å². The third-order valence-corrected chi connectivity index (χ3v) is 5.09. The molecular formula is C21H21ClN2O3. The number of hydrogen-bond acceptors (Lipinski definition) is 3. The second kappa shape index (κ2) is 7.92. The molecule has 2 aromatic carbocycles. The van der Waals surface area contributed by atoms with Crippen molar-refractivity contribution in [3.63, 3.8) is 0 Å². The van der Waals surface area contributed by atoms with Gasteiger partial charge in [-0.2, -0.15) is 0 Å². The number of rotatable bonds is 5. The first-order valence-electron chi connectivity index (χ1n) is 9.03. The average molecular weight is 385 g/mol. The molecule has 1 N–H and O–H groups in total. The van der Waals surface area contributed by atoms with Crippen LogP contribution in [0.25, 0.3) is 0 Å². The summed E-state index contributed by atoms with van der Waals surface area (Å²) >= 11 is 6.30. The van der Waals surface area contributed by atoms with Gasteiger partial charge in [-0.25, -0.2) is 0 Å². The molecule has 3 rings (SSSR count). The molecule has 5 nitrogen and oxygen atoms in total. The van der Waals surface area contributed by atoms with Gasteiger partial charge in [-0.1, -0.05) is 37.6 Å². The summed E-state index contributed by atoms with van der Waals surface area (Å²) in [5.74, 6) is -0.787. The normalized spacial score (nSPS) is 14.0. The van der Waals surface area contributed by atoms with Crippen LogP contribution in [0.5, 0.6) is 0 Å². The predicted molar refractivity (Wildman–Crippen MR) is 106 cm³/mol. The minimum absolute atomic E-state index is 0.206. The number of carbonyl (C=O) groups excluding carboxylic acids is 3. The molecule has 0 spiro atoms. The number of amides is 3. The van der Waals surface area contributed by atoms with Gasteiger partial charge in [-0.05, 0) is 48.2 Å². The second-order valence-corrected chi connectivity index (χ2v) is 6.80. The molecule has 2 aromatic rings. The zero-order valence-electron chi connectivity index (χ0n) is 15.3. The van der Waals surface area contributed by atoms with E-state index in [4.69, 9.17) is 11.6 Å². The highest BCUT2D eigenvalue weighted by Gasteiger charge is 2.30. The van der Waals surface area contributed by atoms with Gasteiger partial charge in [-0.15, -0.1) is 0 Å².